The van der Waals surface area contributed by atoms with Crippen molar-refractivity contribution in [1.82, 2.24) is 15.0 Å². The third kappa shape index (κ3) is 3.31. The number of hydrogen-bond donors (Lipinski definition) is 1. The Morgan fingerprint density at radius 2 is 2.00 bits per heavy atom. The molecule has 1 saturated heterocycles. The number of urea groups is 1. The Labute approximate surface area is 141 Å². The van der Waals surface area contributed by atoms with Crippen LogP contribution >= 0.6 is 0 Å². The van der Waals surface area contributed by atoms with Crippen LogP contribution in [0.4, 0.5) is 23.7 Å². The second-order valence-electron chi connectivity index (χ2n) is 6.38. The molecule has 1 aliphatic carbocycles. The maximum absolute atomic E-state index is 12.7. The molecule has 1 aromatic heterocycles. The molecule has 2 aromatic rings. The van der Waals surface area contributed by atoms with Crippen molar-refractivity contribution in [3.05, 3.63) is 41.5 Å². The number of rotatable bonds is 3. The summed E-state index contributed by atoms with van der Waals surface area (Å²) in [6, 6.07) is 4.11. The van der Waals surface area contributed by atoms with E-state index < -0.39 is 17.8 Å². The van der Waals surface area contributed by atoms with Gasteiger partial charge in [-0.05, 0) is 31.0 Å². The fourth-order valence-corrected chi connectivity index (χ4v) is 2.70. The van der Waals surface area contributed by atoms with Crippen LogP contribution in [0, 0.1) is 0 Å². The van der Waals surface area contributed by atoms with Crippen LogP contribution in [-0.2, 0) is 6.18 Å². The highest BCUT2D eigenvalue weighted by Gasteiger charge is 2.37. The zero-order valence-electron chi connectivity index (χ0n) is 13.1. The Bertz CT molecular complexity index is 795. The van der Waals surface area contributed by atoms with Gasteiger partial charge in [-0.25, -0.2) is 4.79 Å². The molecule has 2 heterocycles. The SMILES string of the molecule is O=C(Nc1cccc(C(F)(F)F)c1)N1CC(c2nc(C3CC3)no2)C1. The molecule has 4 rings (SSSR count). The van der Waals surface area contributed by atoms with Crippen LogP contribution in [0.25, 0.3) is 0 Å². The molecular weight excluding hydrogens is 337 g/mol. The highest BCUT2D eigenvalue weighted by molar-refractivity contribution is 5.90. The van der Waals surface area contributed by atoms with Gasteiger partial charge in [-0.15, -0.1) is 0 Å². The van der Waals surface area contributed by atoms with Gasteiger partial charge < -0.3 is 14.7 Å². The van der Waals surface area contributed by atoms with Crippen molar-refractivity contribution in [2.75, 3.05) is 18.4 Å². The fraction of sp³-hybridized carbons (Fsp3) is 0.438. The third-order valence-electron chi connectivity index (χ3n) is 4.36. The van der Waals surface area contributed by atoms with E-state index in [-0.39, 0.29) is 11.6 Å². The molecule has 0 spiro atoms. The van der Waals surface area contributed by atoms with E-state index >= 15 is 0 Å². The molecule has 2 fully saturated rings. The number of anilines is 1. The lowest BCUT2D eigenvalue weighted by molar-refractivity contribution is -0.137. The molecule has 1 N–H and O–H groups in total. The van der Waals surface area contributed by atoms with E-state index in [0.717, 1.165) is 30.8 Å². The van der Waals surface area contributed by atoms with Crippen LogP contribution < -0.4 is 5.32 Å². The average molecular weight is 352 g/mol. The lowest BCUT2D eigenvalue weighted by Crippen LogP contribution is -2.50. The molecule has 2 amide bonds. The summed E-state index contributed by atoms with van der Waals surface area (Å²) in [6.07, 6.45) is -2.29. The van der Waals surface area contributed by atoms with Gasteiger partial charge in [0.1, 0.15) is 0 Å². The highest BCUT2D eigenvalue weighted by atomic mass is 19.4. The standard InChI is InChI=1S/C16H15F3N4O2/c17-16(18,19)11-2-1-3-12(6-11)20-15(24)23-7-10(8-23)14-21-13(22-25-14)9-4-5-9/h1-3,6,9-10H,4-5,7-8H2,(H,20,24). The van der Waals surface area contributed by atoms with Gasteiger partial charge >= 0.3 is 12.2 Å². The maximum Gasteiger partial charge on any atom is 0.416 e. The van der Waals surface area contributed by atoms with E-state index in [2.05, 4.69) is 15.5 Å². The van der Waals surface area contributed by atoms with Gasteiger partial charge in [0.15, 0.2) is 5.82 Å². The third-order valence-corrected chi connectivity index (χ3v) is 4.36. The van der Waals surface area contributed by atoms with Gasteiger partial charge in [-0.1, -0.05) is 11.2 Å². The van der Waals surface area contributed by atoms with Gasteiger partial charge in [-0.3, -0.25) is 0 Å². The maximum atomic E-state index is 12.7. The lowest BCUT2D eigenvalue weighted by Gasteiger charge is -2.36. The number of carbonyl (C=O) groups excluding carboxylic acids is 1. The Morgan fingerprint density at radius 3 is 2.68 bits per heavy atom. The Kier molecular flexibility index (Phi) is 3.66. The average Bonchev–Trinajstić information content (AvgIpc) is 3.25. The molecule has 1 aromatic carbocycles. The summed E-state index contributed by atoms with van der Waals surface area (Å²) in [5.74, 6) is 1.62. The monoisotopic (exact) mass is 352 g/mol. The predicted molar refractivity (Wildman–Crippen MR) is 81.0 cm³/mol. The van der Waals surface area contributed by atoms with E-state index in [1.54, 1.807) is 0 Å². The van der Waals surface area contributed by atoms with Crippen LogP contribution in [0.1, 0.15) is 42.0 Å². The molecule has 0 atom stereocenters. The minimum absolute atomic E-state index is 0.0211. The Hall–Kier alpha value is -2.58. The van der Waals surface area contributed by atoms with Crippen molar-refractivity contribution < 1.29 is 22.5 Å². The first-order valence-corrected chi connectivity index (χ1v) is 7.97. The molecular formula is C16H15F3N4O2. The number of nitrogens with zero attached hydrogens (tertiary/aromatic N) is 3. The van der Waals surface area contributed by atoms with Gasteiger partial charge in [0, 0.05) is 24.7 Å². The van der Waals surface area contributed by atoms with Crippen molar-refractivity contribution >= 4 is 11.7 Å². The van der Waals surface area contributed by atoms with Crippen molar-refractivity contribution in [2.24, 2.45) is 0 Å². The summed E-state index contributed by atoms with van der Waals surface area (Å²) >= 11 is 0. The second-order valence-corrected chi connectivity index (χ2v) is 6.38. The van der Waals surface area contributed by atoms with Crippen molar-refractivity contribution in [3.63, 3.8) is 0 Å². The first-order chi connectivity index (χ1) is 11.9. The van der Waals surface area contributed by atoms with Crippen LogP contribution in [0.15, 0.2) is 28.8 Å². The van der Waals surface area contributed by atoms with Crippen molar-refractivity contribution in [1.29, 1.82) is 0 Å². The van der Waals surface area contributed by atoms with Crippen LogP contribution in [-0.4, -0.2) is 34.2 Å². The second kappa shape index (κ2) is 5.75. The number of likely N-dealkylation sites (tertiary alicyclic amines) is 1. The zero-order valence-corrected chi connectivity index (χ0v) is 13.1. The molecule has 1 aliphatic heterocycles. The van der Waals surface area contributed by atoms with E-state index in [0.29, 0.717) is 24.9 Å². The van der Waals surface area contributed by atoms with E-state index in [1.165, 1.54) is 17.0 Å². The summed E-state index contributed by atoms with van der Waals surface area (Å²) in [7, 11) is 0. The number of aromatic nitrogens is 2. The van der Waals surface area contributed by atoms with Crippen LogP contribution in [0.2, 0.25) is 0 Å². The summed E-state index contributed by atoms with van der Waals surface area (Å²) in [4.78, 5) is 18.0. The zero-order chi connectivity index (χ0) is 17.6. The van der Waals surface area contributed by atoms with Gasteiger partial charge in [0.25, 0.3) is 0 Å². The molecule has 0 radical (unpaired) electrons. The van der Waals surface area contributed by atoms with Gasteiger partial charge in [-0.2, -0.15) is 18.2 Å². The summed E-state index contributed by atoms with van der Waals surface area (Å²) in [5.41, 5.74) is -0.692. The van der Waals surface area contributed by atoms with Crippen molar-refractivity contribution in [3.8, 4) is 0 Å². The highest BCUT2D eigenvalue weighted by Crippen LogP contribution is 2.39. The van der Waals surface area contributed by atoms with Crippen LogP contribution in [0.5, 0.6) is 0 Å². The molecule has 1 saturated carbocycles. The van der Waals surface area contributed by atoms with E-state index in [4.69, 9.17) is 4.52 Å². The molecule has 0 unspecified atom stereocenters. The Morgan fingerprint density at radius 1 is 1.24 bits per heavy atom. The number of halogens is 3. The normalized spacial score (nSPS) is 18.1. The van der Waals surface area contributed by atoms with E-state index in [1.807, 2.05) is 0 Å². The first kappa shape index (κ1) is 15.9. The largest absolute Gasteiger partial charge is 0.416 e. The van der Waals surface area contributed by atoms with Gasteiger partial charge in [0.05, 0.1) is 11.5 Å². The minimum atomic E-state index is -4.44. The molecule has 9 heteroatoms. The topological polar surface area (TPSA) is 71.3 Å². The number of alkyl halides is 3. The number of nitrogens with one attached hydrogen (secondary N) is 1. The quantitative estimate of drug-likeness (QED) is 0.916. The van der Waals surface area contributed by atoms with Gasteiger partial charge in [0.2, 0.25) is 5.89 Å². The van der Waals surface area contributed by atoms with Crippen molar-refractivity contribution in [2.45, 2.75) is 30.9 Å². The smallest absolute Gasteiger partial charge is 0.339 e. The van der Waals surface area contributed by atoms with E-state index in [9.17, 15) is 18.0 Å². The molecule has 25 heavy (non-hydrogen) atoms. The molecule has 6 nitrogen and oxygen atoms in total. The molecule has 132 valence electrons. The number of hydrogen-bond acceptors (Lipinski definition) is 4. The summed E-state index contributed by atoms with van der Waals surface area (Å²) in [5, 5.41) is 6.42. The summed E-state index contributed by atoms with van der Waals surface area (Å²) in [6.45, 7) is 0.800. The molecule has 2 aliphatic rings. The Balaban J connectivity index is 1.34. The lowest BCUT2D eigenvalue weighted by atomic mass is 10.0. The summed E-state index contributed by atoms with van der Waals surface area (Å²) < 4.78 is 43.3. The number of amides is 2. The fourth-order valence-electron chi connectivity index (χ4n) is 2.70. The molecule has 0 bridgehead atoms. The van der Waals surface area contributed by atoms with Crippen LogP contribution in [0.3, 0.4) is 0 Å². The predicted octanol–water partition coefficient (Wildman–Crippen LogP) is 3.60. The number of carbonyl (C=O) groups is 1. The first-order valence-electron chi connectivity index (χ1n) is 7.97. The number of benzene rings is 1. The minimum Gasteiger partial charge on any atom is -0.339 e.